The first-order valence-electron chi connectivity index (χ1n) is 7.93. The van der Waals surface area contributed by atoms with Crippen LogP contribution in [0.3, 0.4) is 0 Å². The zero-order valence-electron chi connectivity index (χ0n) is 13.6. The summed E-state index contributed by atoms with van der Waals surface area (Å²) >= 11 is 0. The first kappa shape index (κ1) is 21.6. The number of aryl methyl sites for hydroxylation is 1. The Hall–Kier alpha value is -0.350. The topological polar surface area (TPSA) is 15.3 Å². The molecule has 0 aromatic heterocycles. The van der Waals surface area contributed by atoms with Gasteiger partial charge in [0.25, 0.3) is 0 Å². The number of halogens is 3. The maximum Gasteiger partial charge on any atom is 0.126 e. The molecule has 0 amide bonds. The van der Waals surface area contributed by atoms with E-state index in [1.54, 1.807) is 6.07 Å². The number of benzene rings is 1. The Morgan fingerprint density at radius 1 is 1.18 bits per heavy atom. The van der Waals surface area contributed by atoms with Crippen LogP contribution in [0.2, 0.25) is 0 Å². The van der Waals surface area contributed by atoms with E-state index in [1.807, 2.05) is 13.0 Å². The van der Waals surface area contributed by atoms with Crippen LogP contribution < -0.4 is 5.32 Å². The van der Waals surface area contributed by atoms with Crippen LogP contribution >= 0.6 is 24.8 Å². The number of piperazine rings is 1. The van der Waals surface area contributed by atoms with E-state index < -0.39 is 0 Å². The summed E-state index contributed by atoms with van der Waals surface area (Å²) in [5.74, 6) is -0.0712. The molecular formula is C17H29Cl2FN2. The predicted octanol–water partition coefficient (Wildman–Crippen LogP) is 4.50. The molecule has 0 radical (unpaired) electrons. The minimum atomic E-state index is -0.0712. The van der Waals surface area contributed by atoms with Gasteiger partial charge in [-0.15, -0.1) is 24.8 Å². The summed E-state index contributed by atoms with van der Waals surface area (Å²) in [5.41, 5.74) is 1.88. The Balaban J connectivity index is 0.00000220. The lowest BCUT2D eigenvalue weighted by molar-refractivity contribution is 0.162. The van der Waals surface area contributed by atoms with E-state index in [0.717, 1.165) is 43.7 Å². The molecule has 1 aliphatic rings. The van der Waals surface area contributed by atoms with Crippen LogP contribution in [-0.2, 0) is 0 Å². The smallest absolute Gasteiger partial charge is 0.126 e. The minimum absolute atomic E-state index is 0. The van der Waals surface area contributed by atoms with Gasteiger partial charge in [-0.25, -0.2) is 4.39 Å². The van der Waals surface area contributed by atoms with Crippen molar-refractivity contribution in [2.24, 2.45) is 0 Å². The van der Waals surface area contributed by atoms with Gasteiger partial charge >= 0.3 is 0 Å². The second-order valence-electron chi connectivity index (χ2n) is 5.81. The molecule has 0 saturated carbocycles. The van der Waals surface area contributed by atoms with E-state index in [4.69, 9.17) is 0 Å². The fraction of sp³-hybridized carbons (Fsp3) is 0.647. The highest BCUT2D eigenvalue weighted by molar-refractivity contribution is 5.85. The van der Waals surface area contributed by atoms with Crippen molar-refractivity contribution >= 4 is 24.8 Å². The number of nitrogens with one attached hydrogen (secondary N) is 1. The van der Waals surface area contributed by atoms with Crippen molar-refractivity contribution in [1.82, 2.24) is 10.2 Å². The standard InChI is InChI=1S/C17H27FN2.2ClH/c1-3-4-5-6-17(20-11-9-19-10-12-20)15-8-7-14(2)16(18)13-15;;/h7-8,13,17,19H,3-6,9-12H2,1-2H3;2*1H/t17-;;/m0../s1. The molecule has 0 unspecified atom stereocenters. The third-order valence-corrected chi connectivity index (χ3v) is 4.25. The van der Waals surface area contributed by atoms with E-state index in [0.29, 0.717) is 6.04 Å². The van der Waals surface area contributed by atoms with Crippen LogP contribution in [0.5, 0.6) is 0 Å². The number of nitrogens with zero attached hydrogens (tertiary/aromatic N) is 1. The molecule has 2 nitrogen and oxygen atoms in total. The van der Waals surface area contributed by atoms with E-state index in [9.17, 15) is 4.39 Å². The van der Waals surface area contributed by atoms with Gasteiger partial charge in [0.1, 0.15) is 5.82 Å². The largest absolute Gasteiger partial charge is 0.314 e. The molecule has 1 atom stereocenters. The Labute approximate surface area is 146 Å². The first-order chi connectivity index (χ1) is 9.72. The quantitative estimate of drug-likeness (QED) is 0.759. The van der Waals surface area contributed by atoms with Crippen LogP contribution in [0.4, 0.5) is 4.39 Å². The van der Waals surface area contributed by atoms with E-state index >= 15 is 0 Å². The molecule has 1 heterocycles. The summed E-state index contributed by atoms with van der Waals surface area (Å²) in [6, 6.07) is 6.14. The van der Waals surface area contributed by atoms with Gasteiger partial charge in [0.2, 0.25) is 0 Å². The summed E-state index contributed by atoms with van der Waals surface area (Å²) in [4.78, 5) is 2.51. The first-order valence-corrected chi connectivity index (χ1v) is 7.93. The summed E-state index contributed by atoms with van der Waals surface area (Å²) in [7, 11) is 0. The van der Waals surface area contributed by atoms with Crippen molar-refractivity contribution in [3.63, 3.8) is 0 Å². The highest BCUT2D eigenvalue weighted by Gasteiger charge is 2.22. The van der Waals surface area contributed by atoms with Crippen molar-refractivity contribution in [3.05, 3.63) is 35.1 Å². The van der Waals surface area contributed by atoms with Gasteiger partial charge in [-0.2, -0.15) is 0 Å². The third-order valence-electron chi connectivity index (χ3n) is 4.25. The zero-order valence-corrected chi connectivity index (χ0v) is 15.2. The lowest BCUT2D eigenvalue weighted by Gasteiger charge is -2.35. The molecule has 1 N–H and O–H groups in total. The lowest BCUT2D eigenvalue weighted by Crippen LogP contribution is -2.45. The molecule has 0 aliphatic carbocycles. The lowest BCUT2D eigenvalue weighted by atomic mass is 9.97. The second-order valence-corrected chi connectivity index (χ2v) is 5.81. The molecule has 5 heteroatoms. The van der Waals surface area contributed by atoms with Crippen LogP contribution in [0.15, 0.2) is 18.2 Å². The van der Waals surface area contributed by atoms with Gasteiger partial charge in [-0.1, -0.05) is 38.3 Å². The highest BCUT2D eigenvalue weighted by atomic mass is 35.5. The molecule has 1 aliphatic heterocycles. The van der Waals surface area contributed by atoms with Crippen molar-refractivity contribution < 1.29 is 4.39 Å². The molecule has 1 saturated heterocycles. The summed E-state index contributed by atoms with van der Waals surface area (Å²) in [5, 5.41) is 3.39. The van der Waals surface area contributed by atoms with E-state index in [2.05, 4.69) is 23.2 Å². The maximum absolute atomic E-state index is 13.9. The molecule has 22 heavy (non-hydrogen) atoms. The van der Waals surface area contributed by atoms with E-state index in [-0.39, 0.29) is 30.6 Å². The summed E-state index contributed by atoms with van der Waals surface area (Å²) in [6.07, 6.45) is 4.85. The summed E-state index contributed by atoms with van der Waals surface area (Å²) < 4.78 is 13.9. The van der Waals surface area contributed by atoms with Gasteiger partial charge < -0.3 is 5.32 Å². The number of hydrogen-bond acceptors (Lipinski definition) is 2. The fourth-order valence-electron chi connectivity index (χ4n) is 2.96. The van der Waals surface area contributed by atoms with Crippen LogP contribution in [0.1, 0.15) is 49.8 Å². The highest BCUT2D eigenvalue weighted by Crippen LogP contribution is 2.28. The Morgan fingerprint density at radius 2 is 1.86 bits per heavy atom. The van der Waals surface area contributed by atoms with Gasteiger partial charge in [-0.3, -0.25) is 4.90 Å². The molecule has 128 valence electrons. The van der Waals surface area contributed by atoms with Crippen LogP contribution in [0, 0.1) is 12.7 Å². The van der Waals surface area contributed by atoms with Gasteiger partial charge in [0.15, 0.2) is 0 Å². The number of unbranched alkanes of at least 4 members (excludes halogenated alkanes) is 2. The predicted molar refractivity (Wildman–Crippen MR) is 97.0 cm³/mol. The molecule has 1 aromatic carbocycles. The van der Waals surface area contributed by atoms with Crippen molar-refractivity contribution in [1.29, 1.82) is 0 Å². The zero-order chi connectivity index (χ0) is 14.4. The molecule has 1 aromatic rings. The number of hydrogen-bond donors (Lipinski definition) is 1. The van der Waals surface area contributed by atoms with Crippen LogP contribution in [0.25, 0.3) is 0 Å². The Kier molecular flexibility index (Phi) is 11.0. The van der Waals surface area contributed by atoms with E-state index in [1.165, 1.54) is 19.3 Å². The maximum atomic E-state index is 13.9. The molecular weight excluding hydrogens is 322 g/mol. The monoisotopic (exact) mass is 350 g/mol. The van der Waals surface area contributed by atoms with Gasteiger partial charge in [-0.05, 0) is 30.5 Å². The second kappa shape index (κ2) is 11.2. The van der Waals surface area contributed by atoms with Crippen molar-refractivity contribution in [2.45, 2.75) is 45.6 Å². The molecule has 2 rings (SSSR count). The number of rotatable bonds is 6. The normalized spacial score (nSPS) is 16.5. The minimum Gasteiger partial charge on any atom is -0.314 e. The third kappa shape index (κ3) is 6.04. The van der Waals surface area contributed by atoms with Crippen LogP contribution in [-0.4, -0.2) is 31.1 Å². The van der Waals surface area contributed by atoms with Crippen molar-refractivity contribution in [2.75, 3.05) is 26.2 Å². The fourth-order valence-corrected chi connectivity index (χ4v) is 2.96. The average molecular weight is 351 g/mol. The molecule has 0 spiro atoms. The Bertz CT molecular complexity index is 423. The SMILES string of the molecule is CCCCC[C@@H](c1ccc(C)c(F)c1)N1CCNCC1.Cl.Cl. The van der Waals surface area contributed by atoms with Crippen molar-refractivity contribution in [3.8, 4) is 0 Å². The van der Waals surface area contributed by atoms with Gasteiger partial charge in [0, 0.05) is 32.2 Å². The summed E-state index contributed by atoms with van der Waals surface area (Å²) in [6.45, 7) is 8.26. The Morgan fingerprint density at radius 3 is 2.45 bits per heavy atom. The van der Waals surface area contributed by atoms with Gasteiger partial charge in [0.05, 0.1) is 0 Å². The average Bonchev–Trinajstić information content (AvgIpc) is 2.48. The molecule has 1 fully saturated rings. The molecule has 0 bridgehead atoms.